The molecule has 0 spiro atoms. The number of halogens is 12. The molecule has 0 aromatic heterocycles. The highest BCUT2D eigenvalue weighted by atomic mass is 19.2. The molecular formula is C30H10F12. The van der Waals surface area contributed by atoms with E-state index >= 15 is 0 Å². The van der Waals surface area contributed by atoms with Crippen molar-refractivity contribution in [3.63, 3.8) is 0 Å². The Morgan fingerprint density at radius 2 is 0.452 bits per heavy atom. The summed E-state index contributed by atoms with van der Waals surface area (Å²) in [6.07, 6.45) is 0. The summed E-state index contributed by atoms with van der Waals surface area (Å²) >= 11 is 0. The van der Waals surface area contributed by atoms with Crippen molar-refractivity contribution in [2.45, 2.75) is 0 Å². The number of benzene rings is 5. The third kappa shape index (κ3) is 4.86. The zero-order valence-corrected chi connectivity index (χ0v) is 20.3. The summed E-state index contributed by atoms with van der Waals surface area (Å²) in [7, 11) is 0. The SMILES string of the molecule is Fc1cc(-c2ccc(-c3cc(F)c(F)c(F)c3)c(-c3cc(F)c(F)c(F)c3)c2-c2cc(F)c(F)c(F)c2)cc(F)c1F. The van der Waals surface area contributed by atoms with Gasteiger partial charge in [0.05, 0.1) is 0 Å². The molecule has 0 saturated heterocycles. The molecule has 0 aliphatic heterocycles. The van der Waals surface area contributed by atoms with Gasteiger partial charge < -0.3 is 0 Å². The first kappa shape index (κ1) is 28.8. The summed E-state index contributed by atoms with van der Waals surface area (Å²) < 4.78 is 170. The fourth-order valence-corrected chi connectivity index (χ4v) is 4.51. The lowest BCUT2D eigenvalue weighted by Crippen LogP contribution is -2.01. The maximum absolute atomic E-state index is 14.4. The molecule has 5 rings (SSSR count). The number of hydrogen-bond acceptors (Lipinski definition) is 0. The van der Waals surface area contributed by atoms with Gasteiger partial charge in [0.1, 0.15) is 0 Å². The minimum Gasteiger partial charge on any atom is -0.204 e. The van der Waals surface area contributed by atoms with Crippen LogP contribution >= 0.6 is 0 Å². The van der Waals surface area contributed by atoms with Crippen molar-refractivity contribution in [2.24, 2.45) is 0 Å². The molecule has 0 unspecified atom stereocenters. The Bertz CT molecular complexity index is 1680. The standard InChI is InChI=1S/C30H10F12/c31-17-3-11(4-18(32)27(17)39)15-1-2-16(12-5-19(33)28(40)20(34)6-12)26(14-9-23(37)30(42)24(38)10-14)25(15)13-7-21(35)29(41)22(36)8-13/h1-10H. The predicted octanol–water partition coefficient (Wildman–Crippen LogP) is 10.0. The van der Waals surface area contributed by atoms with Crippen molar-refractivity contribution >= 4 is 0 Å². The highest BCUT2D eigenvalue weighted by molar-refractivity contribution is 6.01. The van der Waals surface area contributed by atoms with Crippen LogP contribution in [0.25, 0.3) is 44.5 Å². The van der Waals surface area contributed by atoms with Gasteiger partial charge in [-0.3, -0.25) is 0 Å². The quantitative estimate of drug-likeness (QED) is 0.143. The molecule has 0 aliphatic carbocycles. The van der Waals surface area contributed by atoms with Crippen molar-refractivity contribution in [3.8, 4) is 44.5 Å². The molecule has 0 radical (unpaired) electrons. The van der Waals surface area contributed by atoms with Gasteiger partial charge in [-0.15, -0.1) is 0 Å². The second-order valence-electron chi connectivity index (χ2n) is 8.93. The maximum Gasteiger partial charge on any atom is 0.194 e. The summed E-state index contributed by atoms with van der Waals surface area (Å²) in [4.78, 5) is 0. The molecule has 0 amide bonds. The Hall–Kier alpha value is -4.74. The van der Waals surface area contributed by atoms with E-state index in [2.05, 4.69) is 0 Å². The third-order valence-corrected chi connectivity index (χ3v) is 6.34. The van der Waals surface area contributed by atoms with E-state index in [1.54, 1.807) is 0 Å². The molecule has 0 aliphatic rings. The molecule has 5 aromatic rings. The van der Waals surface area contributed by atoms with Crippen LogP contribution in [0.5, 0.6) is 0 Å². The third-order valence-electron chi connectivity index (χ3n) is 6.34. The first-order valence-electron chi connectivity index (χ1n) is 11.5. The van der Waals surface area contributed by atoms with E-state index in [0.29, 0.717) is 48.5 Å². The summed E-state index contributed by atoms with van der Waals surface area (Å²) in [5.41, 5.74) is -4.29. The maximum atomic E-state index is 14.4. The second kappa shape index (κ2) is 10.6. The van der Waals surface area contributed by atoms with Crippen molar-refractivity contribution in [1.29, 1.82) is 0 Å². The first-order chi connectivity index (χ1) is 19.8. The highest BCUT2D eigenvalue weighted by Gasteiger charge is 2.26. The van der Waals surface area contributed by atoms with E-state index in [4.69, 9.17) is 0 Å². The van der Waals surface area contributed by atoms with Gasteiger partial charge in [-0.1, -0.05) is 12.1 Å². The average molecular weight is 598 g/mol. The minimum absolute atomic E-state index is 0.392. The second-order valence-corrected chi connectivity index (χ2v) is 8.93. The van der Waals surface area contributed by atoms with Crippen LogP contribution in [0, 0.1) is 69.8 Å². The van der Waals surface area contributed by atoms with Gasteiger partial charge in [-0.25, -0.2) is 52.7 Å². The highest BCUT2D eigenvalue weighted by Crippen LogP contribution is 2.47. The molecule has 0 N–H and O–H groups in total. The molecular weight excluding hydrogens is 588 g/mol. The van der Waals surface area contributed by atoms with E-state index in [9.17, 15) is 52.7 Å². The Balaban J connectivity index is 2.02. The van der Waals surface area contributed by atoms with Crippen LogP contribution in [-0.2, 0) is 0 Å². The Morgan fingerprint density at radius 1 is 0.262 bits per heavy atom. The zero-order valence-electron chi connectivity index (χ0n) is 20.3. The summed E-state index contributed by atoms with van der Waals surface area (Å²) in [6.45, 7) is 0. The molecule has 12 heteroatoms. The van der Waals surface area contributed by atoms with Crippen LogP contribution < -0.4 is 0 Å². The Labute approximate surface area is 228 Å². The van der Waals surface area contributed by atoms with Crippen LogP contribution in [0.15, 0.2) is 60.7 Å². The van der Waals surface area contributed by atoms with E-state index in [-0.39, 0.29) is 0 Å². The van der Waals surface area contributed by atoms with Gasteiger partial charge in [-0.05, 0) is 93.0 Å². The first-order valence-corrected chi connectivity index (χ1v) is 11.5. The fraction of sp³-hybridized carbons (Fsp3) is 0. The van der Waals surface area contributed by atoms with Crippen LogP contribution in [0.2, 0.25) is 0 Å². The lowest BCUT2D eigenvalue weighted by Gasteiger charge is -2.21. The molecule has 42 heavy (non-hydrogen) atoms. The van der Waals surface area contributed by atoms with Crippen LogP contribution in [-0.4, -0.2) is 0 Å². The molecule has 0 atom stereocenters. The van der Waals surface area contributed by atoms with Crippen molar-refractivity contribution in [2.75, 3.05) is 0 Å². The van der Waals surface area contributed by atoms with E-state index in [1.807, 2.05) is 0 Å². The Kier molecular flexibility index (Phi) is 7.25. The minimum atomic E-state index is -1.95. The predicted molar refractivity (Wildman–Crippen MR) is 128 cm³/mol. The topological polar surface area (TPSA) is 0 Å². The van der Waals surface area contributed by atoms with E-state index in [0.717, 1.165) is 12.1 Å². The lowest BCUT2D eigenvalue weighted by atomic mass is 9.82. The molecule has 0 bridgehead atoms. The summed E-state index contributed by atoms with van der Waals surface area (Å²) in [6, 6.07) is 5.36. The van der Waals surface area contributed by atoms with Crippen LogP contribution in [0.4, 0.5) is 52.7 Å². The molecule has 214 valence electrons. The van der Waals surface area contributed by atoms with Gasteiger partial charge in [-0.2, -0.15) is 0 Å². The average Bonchev–Trinajstić information content (AvgIpc) is 2.94. The van der Waals surface area contributed by atoms with Crippen molar-refractivity contribution in [3.05, 3.63) is 130 Å². The molecule has 0 saturated carbocycles. The van der Waals surface area contributed by atoms with Crippen molar-refractivity contribution < 1.29 is 52.7 Å². The molecule has 0 heterocycles. The van der Waals surface area contributed by atoms with Gasteiger partial charge in [0, 0.05) is 0 Å². The van der Waals surface area contributed by atoms with E-state index < -0.39 is 114 Å². The fourth-order valence-electron chi connectivity index (χ4n) is 4.51. The Morgan fingerprint density at radius 3 is 0.667 bits per heavy atom. The van der Waals surface area contributed by atoms with E-state index in [1.165, 1.54) is 0 Å². The summed E-state index contributed by atoms with van der Waals surface area (Å²) in [5, 5.41) is 0. The van der Waals surface area contributed by atoms with Gasteiger partial charge in [0.25, 0.3) is 0 Å². The molecule has 0 fully saturated rings. The van der Waals surface area contributed by atoms with Crippen LogP contribution in [0.3, 0.4) is 0 Å². The number of hydrogen-bond donors (Lipinski definition) is 0. The smallest absolute Gasteiger partial charge is 0.194 e. The molecule has 5 aromatic carbocycles. The van der Waals surface area contributed by atoms with Crippen LogP contribution in [0.1, 0.15) is 0 Å². The zero-order chi connectivity index (χ0) is 30.6. The van der Waals surface area contributed by atoms with Gasteiger partial charge in [0.15, 0.2) is 69.8 Å². The summed E-state index contributed by atoms with van der Waals surface area (Å²) in [5.74, 6) is -21.7. The van der Waals surface area contributed by atoms with Gasteiger partial charge in [0.2, 0.25) is 0 Å². The monoisotopic (exact) mass is 598 g/mol. The normalized spacial score (nSPS) is 11.3. The molecule has 0 nitrogen and oxygen atoms in total. The number of rotatable bonds is 4. The van der Waals surface area contributed by atoms with Gasteiger partial charge >= 0.3 is 0 Å². The van der Waals surface area contributed by atoms with Crippen molar-refractivity contribution in [1.82, 2.24) is 0 Å². The lowest BCUT2D eigenvalue weighted by molar-refractivity contribution is 0.447. The largest absolute Gasteiger partial charge is 0.204 e.